The van der Waals surface area contributed by atoms with Crippen LogP contribution in [0.3, 0.4) is 0 Å². The maximum Gasteiger partial charge on any atom is 0.193 e. The van der Waals surface area contributed by atoms with Gasteiger partial charge in [-0.05, 0) is 91.7 Å². The van der Waals surface area contributed by atoms with Gasteiger partial charge in [-0.15, -0.1) is 0 Å². The van der Waals surface area contributed by atoms with E-state index < -0.39 is 0 Å². The summed E-state index contributed by atoms with van der Waals surface area (Å²) in [5, 5.41) is 0. The maximum atomic E-state index is 13.4. The number of benzene rings is 3. The van der Waals surface area contributed by atoms with Crippen LogP contribution in [0.4, 0.5) is 0 Å². The average molecular weight is 446 g/mol. The maximum absolute atomic E-state index is 13.4. The van der Waals surface area contributed by atoms with Gasteiger partial charge in [0.2, 0.25) is 0 Å². The van der Waals surface area contributed by atoms with E-state index >= 15 is 0 Å². The number of hydrogen-bond acceptors (Lipinski definition) is 5. The van der Waals surface area contributed by atoms with Crippen molar-refractivity contribution in [3.63, 3.8) is 0 Å². The first-order valence-corrected chi connectivity index (χ1v) is 11.5. The van der Waals surface area contributed by atoms with E-state index in [1.54, 1.807) is 14.2 Å². The number of methoxy groups -OCH3 is 2. The third-order valence-electron chi connectivity index (χ3n) is 6.11. The molecule has 0 aliphatic carbocycles. The molecular weight excluding hydrogens is 414 g/mol. The van der Waals surface area contributed by atoms with E-state index in [2.05, 4.69) is 4.90 Å². The van der Waals surface area contributed by atoms with E-state index in [1.807, 2.05) is 66.7 Å². The molecule has 0 unspecified atom stereocenters. The van der Waals surface area contributed by atoms with E-state index in [0.717, 1.165) is 42.3 Å². The van der Waals surface area contributed by atoms with Crippen LogP contribution in [0.5, 0.6) is 17.2 Å². The Kier molecular flexibility index (Phi) is 7.63. The fourth-order valence-electron chi connectivity index (χ4n) is 4.19. The second kappa shape index (κ2) is 11.0. The Hall–Kier alpha value is -3.31. The smallest absolute Gasteiger partial charge is 0.193 e. The molecule has 5 nitrogen and oxygen atoms in total. The van der Waals surface area contributed by atoms with Gasteiger partial charge in [0.25, 0.3) is 0 Å². The molecule has 3 aromatic rings. The molecule has 3 aromatic carbocycles. The molecule has 1 aliphatic rings. The summed E-state index contributed by atoms with van der Waals surface area (Å²) in [4.78, 5) is 15.8. The van der Waals surface area contributed by atoms with Gasteiger partial charge < -0.3 is 14.2 Å². The van der Waals surface area contributed by atoms with Crippen LogP contribution in [0.2, 0.25) is 0 Å². The number of carbonyl (C=O) groups is 1. The zero-order valence-electron chi connectivity index (χ0n) is 19.4. The highest BCUT2D eigenvalue weighted by Gasteiger charge is 2.17. The first-order valence-electron chi connectivity index (χ1n) is 11.5. The van der Waals surface area contributed by atoms with Gasteiger partial charge in [0.05, 0.1) is 14.2 Å². The standard InChI is InChI=1S/C28H31NO4/c1-31-23-10-6-21(7-11-23)27-20-25(32-2)14-15-26(27)28(30)22-8-12-24(13-9-22)33-19-18-29-16-4-3-5-17-29/h6-15,20H,3-5,16-19H2,1-2H3. The van der Waals surface area contributed by atoms with Gasteiger partial charge in [-0.25, -0.2) is 0 Å². The van der Waals surface area contributed by atoms with E-state index in [4.69, 9.17) is 14.2 Å². The van der Waals surface area contributed by atoms with Crippen molar-refractivity contribution >= 4 is 5.78 Å². The fraction of sp³-hybridized carbons (Fsp3) is 0.321. The van der Waals surface area contributed by atoms with Gasteiger partial charge in [-0.2, -0.15) is 0 Å². The number of ether oxygens (including phenoxy) is 3. The van der Waals surface area contributed by atoms with Crippen molar-refractivity contribution in [1.82, 2.24) is 4.90 Å². The molecule has 0 radical (unpaired) electrons. The van der Waals surface area contributed by atoms with Crippen LogP contribution < -0.4 is 14.2 Å². The highest BCUT2D eigenvalue weighted by atomic mass is 16.5. The average Bonchev–Trinajstić information content (AvgIpc) is 2.89. The van der Waals surface area contributed by atoms with Crippen molar-refractivity contribution in [2.24, 2.45) is 0 Å². The number of piperidine rings is 1. The predicted molar refractivity (Wildman–Crippen MR) is 131 cm³/mol. The lowest BCUT2D eigenvalue weighted by Crippen LogP contribution is -2.33. The van der Waals surface area contributed by atoms with Gasteiger partial charge in [-0.1, -0.05) is 18.6 Å². The van der Waals surface area contributed by atoms with Crippen LogP contribution in [0.25, 0.3) is 11.1 Å². The van der Waals surface area contributed by atoms with Gasteiger partial charge >= 0.3 is 0 Å². The van der Waals surface area contributed by atoms with Crippen molar-refractivity contribution in [2.75, 3.05) is 40.5 Å². The number of hydrogen-bond donors (Lipinski definition) is 0. The minimum Gasteiger partial charge on any atom is -0.497 e. The lowest BCUT2D eigenvalue weighted by atomic mass is 9.93. The summed E-state index contributed by atoms with van der Waals surface area (Å²) in [5.41, 5.74) is 3.00. The number of nitrogens with zero attached hydrogens (tertiary/aromatic N) is 1. The van der Waals surface area contributed by atoms with Crippen molar-refractivity contribution in [3.05, 3.63) is 77.9 Å². The van der Waals surface area contributed by atoms with Crippen LogP contribution in [-0.2, 0) is 0 Å². The topological polar surface area (TPSA) is 48.0 Å². The molecule has 1 saturated heterocycles. The summed E-state index contributed by atoms with van der Waals surface area (Å²) in [6.07, 6.45) is 3.89. The van der Waals surface area contributed by atoms with Crippen LogP contribution in [0.1, 0.15) is 35.2 Å². The Labute approximate surface area is 195 Å². The van der Waals surface area contributed by atoms with E-state index in [-0.39, 0.29) is 5.78 Å². The number of rotatable bonds is 9. The number of carbonyl (C=O) groups excluding carboxylic acids is 1. The Bertz CT molecular complexity index is 1050. The molecule has 0 saturated carbocycles. The Morgan fingerprint density at radius 1 is 0.788 bits per heavy atom. The first kappa shape index (κ1) is 22.9. The quantitative estimate of drug-likeness (QED) is 0.409. The Balaban J connectivity index is 1.48. The lowest BCUT2D eigenvalue weighted by Gasteiger charge is -2.26. The van der Waals surface area contributed by atoms with Gasteiger partial charge in [0.1, 0.15) is 23.9 Å². The monoisotopic (exact) mass is 445 g/mol. The summed E-state index contributed by atoms with van der Waals surface area (Å²) in [6.45, 7) is 3.93. The predicted octanol–water partition coefficient (Wildman–Crippen LogP) is 5.47. The SMILES string of the molecule is COc1ccc(-c2cc(OC)ccc2C(=O)c2ccc(OCCN3CCCCC3)cc2)cc1. The van der Waals surface area contributed by atoms with Crippen molar-refractivity contribution in [1.29, 1.82) is 0 Å². The molecule has 0 amide bonds. The van der Waals surface area contributed by atoms with Crippen LogP contribution >= 0.6 is 0 Å². The molecule has 0 N–H and O–H groups in total. The van der Waals surface area contributed by atoms with Crippen molar-refractivity contribution < 1.29 is 19.0 Å². The molecule has 5 heteroatoms. The Morgan fingerprint density at radius 3 is 2.09 bits per heavy atom. The van der Waals surface area contributed by atoms with Gasteiger partial charge in [0, 0.05) is 17.7 Å². The minimum atomic E-state index is -0.0386. The highest BCUT2D eigenvalue weighted by molar-refractivity contribution is 6.13. The van der Waals surface area contributed by atoms with Crippen LogP contribution in [0, 0.1) is 0 Å². The van der Waals surface area contributed by atoms with Gasteiger partial charge in [0.15, 0.2) is 5.78 Å². The molecule has 0 aromatic heterocycles. The molecule has 0 atom stereocenters. The third-order valence-corrected chi connectivity index (χ3v) is 6.11. The summed E-state index contributed by atoms with van der Waals surface area (Å²) in [7, 11) is 3.26. The molecule has 172 valence electrons. The van der Waals surface area contributed by atoms with Gasteiger partial charge in [-0.3, -0.25) is 9.69 Å². The minimum absolute atomic E-state index is 0.0386. The zero-order valence-corrected chi connectivity index (χ0v) is 19.4. The van der Waals surface area contributed by atoms with E-state index in [9.17, 15) is 4.79 Å². The second-order valence-corrected chi connectivity index (χ2v) is 8.24. The summed E-state index contributed by atoms with van der Waals surface area (Å²) < 4.78 is 16.6. The molecule has 33 heavy (non-hydrogen) atoms. The summed E-state index contributed by atoms with van der Waals surface area (Å²) in [6, 6.07) is 20.6. The molecule has 1 fully saturated rings. The normalized spacial score (nSPS) is 14.0. The van der Waals surface area contributed by atoms with Crippen molar-refractivity contribution in [2.45, 2.75) is 19.3 Å². The van der Waals surface area contributed by atoms with Crippen molar-refractivity contribution in [3.8, 4) is 28.4 Å². The summed E-state index contributed by atoms with van der Waals surface area (Å²) in [5.74, 6) is 2.22. The molecule has 4 rings (SSSR count). The first-order chi connectivity index (χ1) is 16.2. The van der Waals surface area contributed by atoms with Crippen LogP contribution in [0.15, 0.2) is 66.7 Å². The van der Waals surface area contributed by atoms with E-state index in [0.29, 0.717) is 23.5 Å². The molecular formula is C28H31NO4. The highest BCUT2D eigenvalue weighted by Crippen LogP contribution is 2.31. The zero-order chi connectivity index (χ0) is 23.0. The molecule has 1 heterocycles. The van der Waals surface area contributed by atoms with E-state index in [1.165, 1.54) is 19.3 Å². The fourth-order valence-corrected chi connectivity index (χ4v) is 4.19. The largest absolute Gasteiger partial charge is 0.497 e. The Morgan fingerprint density at radius 2 is 1.42 bits per heavy atom. The number of likely N-dealkylation sites (tertiary alicyclic amines) is 1. The second-order valence-electron chi connectivity index (χ2n) is 8.24. The molecule has 0 bridgehead atoms. The number of ketones is 1. The van der Waals surface area contributed by atoms with Crippen LogP contribution in [-0.4, -0.2) is 51.1 Å². The summed E-state index contributed by atoms with van der Waals surface area (Å²) >= 11 is 0. The lowest BCUT2D eigenvalue weighted by molar-refractivity contribution is 0.103. The third kappa shape index (κ3) is 5.74. The molecule has 1 aliphatic heterocycles. The molecule has 0 spiro atoms.